The van der Waals surface area contributed by atoms with Gasteiger partial charge in [-0.2, -0.15) is 5.26 Å². The van der Waals surface area contributed by atoms with Crippen molar-refractivity contribution in [2.24, 2.45) is 5.92 Å². The lowest BCUT2D eigenvalue weighted by Crippen LogP contribution is -2.17. The van der Waals surface area contributed by atoms with Crippen LogP contribution in [0.15, 0.2) is 34.7 Å². The van der Waals surface area contributed by atoms with E-state index >= 15 is 0 Å². The number of non-ortho nitro benzene ring substituents is 1. The SMILES string of the molecule is CC(C)C(=O)Nc1oc(-c2cccc([N+](=O)[O-])c2)cc1C#N. The fourth-order valence-corrected chi connectivity index (χ4v) is 1.74. The molecule has 2 aromatic rings. The molecule has 0 saturated heterocycles. The van der Waals surface area contributed by atoms with Crippen LogP contribution in [0, 0.1) is 27.4 Å². The first kappa shape index (κ1) is 15.3. The Morgan fingerprint density at radius 2 is 2.14 bits per heavy atom. The number of furan rings is 1. The van der Waals surface area contributed by atoms with Gasteiger partial charge >= 0.3 is 0 Å². The zero-order chi connectivity index (χ0) is 16.3. The monoisotopic (exact) mass is 299 g/mol. The highest BCUT2D eigenvalue weighted by molar-refractivity contribution is 5.92. The predicted molar refractivity (Wildman–Crippen MR) is 79.0 cm³/mol. The average molecular weight is 299 g/mol. The molecular formula is C15H13N3O4. The van der Waals surface area contributed by atoms with E-state index in [1.54, 1.807) is 19.9 Å². The van der Waals surface area contributed by atoms with Gasteiger partial charge in [-0.05, 0) is 0 Å². The highest BCUT2D eigenvalue weighted by atomic mass is 16.6. The third kappa shape index (κ3) is 3.12. The van der Waals surface area contributed by atoms with Crippen LogP contribution < -0.4 is 5.32 Å². The number of rotatable bonds is 4. The molecule has 0 saturated carbocycles. The van der Waals surface area contributed by atoms with Gasteiger partial charge < -0.3 is 4.42 Å². The number of anilines is 1. The van der Waals surface area contributed by atoms with Crippen molar-refractivity contribution in [3.05, 3.63) is 46.0 Å². The highest BCUT2D eigenvalue weighted by Crippen LogP contribution is 2.30. The van der Waals surface area contributed by atoms with Crippen molar-refractivity contribution in [2.75, 3.05) is 5.32 Å². The van der Waals surface area contributed by atoms with Gasteiger partial charge in [-0.25, -0.2) is 0 Å². The summed E-state index contributed by atoms with van der Waals surface area (Å²) < 4.78 is 5.47. The molecule has 0 atom stereocenters. The van der Waals surface area contributed by atoms with Gasteiger partial charge in [-0.1, -0.05) is 26.0 Å². The average Bonchev–Trinajstić information content (AvgIpc) is 2.90. The molecule has 1 aromatic carbocycles. The van der Waals surface area contributed by atoms with Crippen molar-refractivity contribution in [1.82, 2.24) is 0 Å². The van der Waals surface area contributed by atoms with Gasteiger partial charge in [0.05, 0.1) is 4.92 Å². The van der Waals surface area contributed by atoms with Gasteiger partial charge in [-0.3, -0.25) is 20.2 Å². The number of carbonyl (C=O) groups is 1. The van der Waals surface area contributed by atoms with Crippen molar-refractivity contribution >= 4 is 17.5 Å². The number of hydrogen-bond acceptors (Lipinski definition) is 5. The van der Waals surface area contributed by atoms with Crippen molar-refractivity contribution < 1.29 is 14.1 Å². The quantitative estimate of drug-likeness (QED) is 0.688. The second kappa shape index (κ2) is 6.10. The zero-order valence-corrected chi connectivity index (χ0v) is 12.0. The minimum absolute atomic E-state index is 0.0442. The third-order valence-corrected chi connectivity index (χ3v) is 2.96. The third-order valence-electron chi connectivity index (χ3n) is 2.96. The topological polar surface area (TPSA) is 109 Å². The highest BCUT2D eigenvalue weighted by Gasteiger charge is 2.17. The molecule has 2 rings (SSSR count). The number of benzene rings is 1. The Hall–Kier alpha value is -3.14. The number of amides is 1. The Morgan fingerprint density at radius 1 is 1.41 bits per heavy atom. The van der Waals surface area contributed by atoms with Crippen LogP contribution in [0.4, 0.5) is 11.6 Å². The van der Waals surface area contributed by atoms with Crippen LogP contribution in [0.3, 0.4) is 0 Å². The number of nitro groups is 1. The summed E-state index contributed by atoms with van der Waals surface area (Å²) in [5, 5.41) is 22.4. The fourth-order valence-electron chi connectivity index (χ4n) is 1.74. The van der Waals surface area contributed by atoms with Crippen LogP contribution in [0.2, 0.25) is 0 Å². The van der Waals surface area contributed by atoms with Gasteiger partial charge in [0.2, 0.25) is 11.8 Å². The van der Waals surface area contributed by atoms with Crippen molar-refractivity contribution in [3.8, 4) is 17.4 Å². The smallest absolute Gasteiger partial charge is 0.270 e. The number of nitriles is 1. The minimum atomic E-state index is -0.515. The number of nitro benzene ring substituents is 1. The molecule has 112 valence electrons. The summed E-state index contributed by atoms with van der Waals surface area (Å²) in [6.45, 7) is 3.43. The molecule has 0 aliphatic heterocycles. The summed E-state index contributed by atoms with van der Waals surface area (Å²) in [5.41, 5.74) is 0.534. The molecule has 7 nitrogen and oxygen atoms in total. The fraction of sp³-hybridized carbons (Fsp3) is 0.200. The maximum absolute atomic E-state index is 11.7. The van der Waals surface area contributed by atoms with Crippen molar-refractivity contribution in [1.29, 1.82) is 5.26 Å². The number of nitrogens with zero attached hydrogens (tertiary/aromatic N) is 2. The van der Waals surface area contributed by atoms with E-state index in [2.05, 4.69) is 5.32 Å². The Morgan fingerprint density at radius 3 is 2.73 bits per heavy atom. The summed E-state index contributed by atoms with van der Waals surface area (Å²) in [7, 11) is 0. The number of nitrogens with one attached hydrogen (secondary N) is 1. The van der Waals surface area contributed by atoms with E-state index < -0.39 is 4.92 Å². The first-order valence-corrected chi connectivity index (χ1v) is 6.52. The van der Waals surface area contributed by atoms with E-state index in [4.69, 9.17) is 9.68 Å². The van der Waals surface area contributed by atoms with E-state index in [0.717, 1.165) is 0 Å². The van der Waals surface area contributed by atoms with Crippen LogP contribution in [0.1, 0.15) is 19.4 Å². The summed E-state index contributed by atoms with van der Waals surface area (Å²) in [5.74, 6) is -0.226. The largest absolute Gasteiger partial charge is 0.439 e. The Labute approximate surface area is 126 Å². The first-order valence-electron chi connectivity index (χ1n) is 6.52. The Kier molecular flexibility index (Phi) is 4.23. The lowest BCUT2D eigenvalue weighted by molar-refractivity contribution is -0.384. The molecule has 0 aliphatic carbocycles. The lowest BCUT2D eigenvalue weighted by Gasteiger charge is -2.04. The number of hydrogen-bond donors (Lipinski definition) is 1. The Bertz CT molecular complexity index is 771. The molecule has 0 aliphatic rings. The van der Waals surface area contributed by atoms with Crippen LogP contribution in [-0.2, 0) is 4.79 Å². The summed E-state index contributed by atoms with van der Waals surface area (Å²) >= 11 is 0. The summed E-state index contributed by atoms with van der Waals surface area (Å²) in [6.07, 6.45) is 0. The molecule has 7 heteroatoms. The van der Waals surface area contributed by atoms with Crippen molar-refractivity contribution in [2.45, 2.75) is 13.8 Å². The molecule has 1 heterocycles. The normalized spacial score (nSPS) is 10.3. The van der Waals surface area contributed by atoms with E-state index in [1.165, 1.54) is 24.3 Å². The summed E-state index contributed by atoms with van der Waals surface area (Å²) in [4.78, 5) is 22.0. The van der Waals surface area contributed by atoms with Crippen LogP contribution in [0.25, 0.3) is 11.3 Å². The summed E-state index contributed by atoms with van der Waals surface area (Å²) in [6, 6.07) is 9.21. The molecular weight excluding hydrogens is 286 g/mol. The van der Waals surface area contributed by atoms with Gasteiger partial charge in [0.1, 0.15) is 17.4 Å². The van der Waals surface area contributed by atoms with E-state index in [-0.39, 0.29) is 34.7 Å². The standard InChI is InChI=1S/C15H13N3O4/c1-9(2)14(19)17-15-11(8-16)7-13(22-15)10-4-3-5-12(6-10)18(20)21/h3-7,9H,1-2H3,(H,17,19). The lowest BCUT2D eigenvalue weighted by atomic mass is 10.1. The molecule has 1 N–H and O–H groups in total. The van der Waals surface area contributed by atoms with Gasteiger partial charge in [0.15, 0.2) is 0 Å². The van der Waals surface area contributed by atoms with Crippen LogP contribution >= 0.6 is 0 Å². The molecule has 1 aromatic heterocycles. The van der Waals surface area contributed by atoms with Crippen molar-refractivity contribution in [3.63, 3.8) is 0 Å². The molecule has 22 heavy (non-hydrogen) atoms. The second-order valence-electron chi connectivity index (χ2n) is 4.92. The van der Waals surface area contributed by atoms with E-state index in [1.807, 2.05) is 6.07 Å². The van der Waals surface area contributed by atoms with Crippen LogP contribution in [-0.4, -0.2) is 10.8 Å². The molecule has 1 amide bonds. The number of carbonyl (C=O) groups excluding carboxylic acids is 1. The Balaban J connectivity index is 2.40. The van der Waals surface area contributed by atoms with Crippen LogP contribution in [0.5, 0.6) is 0 Å². The molecule has 0 unspecified atom stereocenters. The van der Waals surface area contributed by atoms with Gasteiger partial charge in [0, 0.05) is 29.7 Å². The van der Waals surface area contributed by atoms with Gasteiger partial charge in [0.25, 0.3) is 5.69 Å². The second-order valence-corrected chi connectivity index (χ2v) is 4.92. The van der Waals surface area contributed by atoms with E-state index in [9.17, 15) is 14.9 Å². The molecule has 0 radical (unpaired) electrons. The zero-order valence-electron chi connectivity index (χ0n) is 12.0. The maximum Gasteiger partial charge on any atom is 0.270 e. The maximum atomic E-state index is 11.7. The predicted octanol–water partition coefficient (Wildman–Crippen LogP) is 3.32. The molecule has 0 bridgehead atoms. The van der Waals surface area contributed by atoms with Gasteiger partial charge in [-0.15, -0.1) is 0 Å². The minimum Gasteiger partial charge on any atom is -0.439 e. The first-order chi connectivity index (χ1) is 10.4. The molecule has 0 fully saturated rings. The van der Waals surface area contributed by atoms with E-state index in [0.29, 0.717) is 5.56 Å². The molecule has 0 spiro atoms.